The molecule has 0 aliphatic carbocycles. The fraction of sp³-hybridized carbons (Fsp3) is 0.574. The van der Waals surface area contributed by atoms with E-state index in [9.17, 15) is 29.4 Å². The second kappa shape index (κ2) is 36.8. The average Bonchev–Trinajstić information content (AvgIpc) is 3.36. The van der Waals surface area contributed by atoms with E-state index in [0.29, 0.717) is 111 Å². The van der Waals surface area contributed by atoms with Gasteiger partial charge < -0.3 is 73.5 Å². The number of nitrogens with one attached hydrogen (secondary N) is 3. The van der Waals surface area contributed by atoms with E-state index in [-0.39, 0.29) is 49.3 Å². The molecule has 0 saturated heterocycles. The molecule has 0 bridgehead atoms. The molecule has 68 heavy (non-hydrogen) atoms. The van der Waals surface area contributed by atoms with Gasteiger partial charge in [0.2, 0.25) is 0 Å². The SMILES string of the molecule is COCCOCCOCCOCCCNc1nc(C(=O)NC(CO)C(=O)OCc2ccccc2)c(NCCCOCCOCCOCCOC)nc1C(=O)CC(CO)C(=O)OCc1ccccc1. The molecule has 0 saturated carbocycles. The van der Waals surface area contributed by atoms with Gasteiger partial charge in [-0.05, 0) is 24.0 Å². The first-order valence-corrected chi connectivity index (χ1v) is 22.6. The van der Waals surface area contributed by atoms with Gasteiger partial charge in [0.25, 0.3) is 5.91 Å². The highest BCUT2D eigenvalue weighted by molar-refractivity contribution is 6.04. The number of ketones is 1. The van der Waals surface area contributed by atoms with E-state index in [4.69, 9.17) is 47.4 Å². The zero-order valence-corrected chi connectivity index (χ0v) is 39.2. The summed E-state index contributed by atoms with van der Waals surface area (Å²) in [6.07, 6.45) is 0.341. The van der Waals surface area contributed by atoms with Crippen LogP contribution in [0.1, 0.15) is 51.4 Å². The number of carbonyl (C=O) groups is 4. The third-order valence-corrected chi connectivity index (χ3v) is 9.45. The van der Waals surface area contributed by atoms with E-state index < -0.39 is 55.2 Å². The van der Waals surface area contributed by atoms with Crippen LogP contribution in [0.25, 0.3) is 0 Å². The normalized spacial score (nSPS) is 12.0. The van der Waals surface area contributed by atoms with Crippen LogP contribution in [0.4, 0.5) is 11.6 Å². The Bertz CT molecular complexity index is 1700. The van der Waals surface area contributed by atoms with Gasteiger partial charge in [0.1, 0.15) is 13.2 Å². The maximum atomic E-state index is 14.1. The van der Waals surface area contributed by atoms with Crippen molar-refractivity contribution in [2.75, 3.05) is 144 Å². The summed E-state index contributed by atoms with van der Waals surface area (Å²) in [5.41, 5.74) is 0.863. The molecule has 21 heteroatoms. The molecule has 1 aromatic heterocycles. The highest BCUT2D eigenvalue weighted by atomic mass is 16.6. The lowest BCUT2D eigenvalue weighted by atomic mass is 10.0. The van der Waals surface area contributed by atoms with E-state index in [1.807, 2.05) is 12.1 Å². The summed E-state index contributed by atoms with van der Waals surface area (Å²) in [5.74, 6) is -4.79. The summed E-state index contributed by atoms with van der Waals surface area (Å²) < 4.78 is 53.8. The standard InChI is InChI=1S/C47H69N5O16/c1-59-19-21-63-27-29-65-25-23-61-17-9-15-48-43-41(40(55)31-38(32-53)46(57)67-34-36-11-5-3-6-12-36)51-44(49-16-10-18-62-24-26-66-30-28-64-22-20-60-2)42(52-43)45(56)50-39(33-54)47(58)68-35-37-13-7-4-8-14-37/h3-8,11-14,38-39,53-54H,9-10,15-35H2,1-2H3,(H,48,52)(H,49,51)(H,50,56). The highest BCUT2D eigenvalue weighted by Crippen LogP contribution is 2.23. The van der Waals surface area contributed by atoms with Gasteiger partial charge in [-0.15, -0.1) is 0 Å². The molecule has 2 atom stereocenters. The summed E-state index contributed by atoms with van der Waals surface area (Å²) in [6, 6.07) is 16.3. The molecule has 3 rings (SSSR count). The van der Waals surface area contributed by atoms with Crippen LogP contribution in [0.15, 0.2) is 60.7 Å². The molecule has 3 aromatic rings. The summed E-state index contributed by atoms with van der Waals surface area (Å²) in [6.45, 7) is 4.25. The van der Waals surface area contributed by atoms with Crippen molar-refractivity contribution in [1.82, 2.24) is 15.3 Å². The van der Waals surface area contributed by atoms with Crippen molar-refractivity contribution >= 4 is 35.3 Å². The predicted octanol–water partition coefficient (Wildman–Crippen LogP) is 2.23. The predicted molar refractivity (Wildman–Crippen MR) is 247 cm³/mol. The number of ether oxygens (including phenoxy) is 10. The van der Waals surface area contributed by atoms with Gasteiger partial charge in [-0.1, -0.05) is 60.7 Å². The quantitative estimate of drug-likeness (QED) is 0.0310. The zero-order valence-electron chi connectivity index (χ0n) is 39.2. The number of methoxy groups -OCH3 is 2. The van der Waals surface area contributed by atoms with E-state index in [2.05, 4.69) is 25.9 Å². The van der Waals surface area contributed by atoms with Crippen LogP contribution in [0.5, 0.6) is 0 Å². The van der Waals surface area contributed by atoms with Crippen molar-refractivity contribution in [3.05, 3.63) is 83.2 Å². The van der Waals surface area contributed by atoms with E-state index in [0.717, 1.165) is 5.56 Å². The van der Waals surface area contributed by atoms with Crippen LogP contribution in [-0.2, 0) is 70.2 Å². The van der Waals surface area contributed by atoms with Gasteiger partial charge >= 0.3 is 11.9 Å². The largest absolute Gasteiger partial charge is 0.461 e. The van der Waals surface area contributed by atoms with Crippen LogP contribution in [-0.4, -0.2) is 183 Å². The molecule has 378 valence electrons. The molecule has 1 amide bonds. The minimum atomic E-state index is -1.48. The minimum absolute atomic E-state index is 0.0675. The van der Waals surface area contributed by atoms with Crippen molar-refractivity contribution in [3.63, 3.8) is 0 Å². The number of hydrogen-bond acceptors (Lipinski definition) is 20. The van der Waals surface area contributed by atoms with Crippen LogP contribution >= 0.6 is 0 Å². The monoisotopic (exact) mass is 959 g/mol. The number of aliphatic hydroxyl groups excluding tert-OH is 2. The lowest BCUT2D eigenvalue weighted by Crippen LogP contribution is -2.45. The maximum Gasteiger partial charge on any atom is 0.331 e. The van der Waals surface area contributed by atoms with Gasteiger partial charge in [0.05, 0.1) is 98.4 Å². The molecule has 0 aliphatic heterocycles. The number of nitrogens with zero attached hydrogens (tertiary/aromatic N) is 2. The van der Waals surface area contributed by atoms with Crippen LogP contribution in [0.3, 0.4) is 0 Å². The summed E-state index contributed by atoms with van der Waals surface area (Å²) >= 11 is 0. The number of anilines is 2. The Hall–Kier alpha value is -5.20. The van der Waals surface area contributed by atoms with Gasteiger partial charge in [-0.2, -0.15) is 0 Å². The number of Topliss-reactive ketones (excluding diaryl/α,β-unsaturated/α-hetero) is 1. The molecule has 5 N–H and O–H groups in total. The molecule has 1 heterocycles. The molecule has 0 aliphatic rings. The summed E-state index contributed by atoms with van der Waals surface area (Å²) in [7, 11) is 3.20. The molecule has 0 radical (unpaired) electrons. The van der Waals surface area contributed by atoms with Gasteiger partial charge in [0.15, 0.2) is 34.8 Å². The highest BCUT2D eigenvalue weighted by Gasteiger charge is 2.30. The first-order valence-electron chi connectivity index (χ1n) is 22.6. The van der Waals surface area contributed by atoms with E-state index in [1.54, 1.807) is 62.8 Å². The molecule has 2 unspecified atom stereocenters. The lowest BCUT2D eigenvalue weighted by Gasteiger charge is -2.19. The summed E-state index contributed by atoms with van der Waals surface area (Å²) in [5, 5.41) is 29.0. The third kappa shape index (κ3) is 24.2. The number of carbonyl (C=O) groups excluding carboxylic acids is 4. The fourth-order valence-electron chi connectivity index (χ4n) is 5.79. The summed E-state index contributed by atoms with van der Waals surface area (Å²) in [4.78, 5) is 63.3. The Balaban J connectivity index is 1.78. The zero-order chi connectivity index (χ0) is 48.9. The second-order valence-corrected chi connectivity index (χ2v) is 14.7. The Kier molecular flexibility index (Phi) is 30.9. The van der Waals surface area contributed by atoms with Crippen molar-refractivity contribution in [1.29, 1.82) is 0 Å². The number of amides is 1. The van der Waals surface area contributed by atoms with Crippen LogP contribution in [0, 0.1) is 5.92 Å². The van der Waals surface area contributed by atoms with E-state index in [1.165, 1.54) is 0 Å². The lowest BCUT2D eigenvalue weighted by molar-refractivity contribution is -0.151. The van der Waals surface area contributed by atoms with Gasteiger partial charge in [0, 0.05) is 46.9 Å². The smallest absolute Gasteiger partial charge is 0.331 e. The minimum Gasteiger partial charge on any atom is -0.461 e. The van der Waals surface area contributed by atoms with E-state index >= 15 is 0 Å². The van der Waals surface area contributed by atoms with Crippen molar-refractivity contribution in [2.24, 2.45) is 5.92 Å². The Morgan fingerprint density at radius 3 is 1.38 bits per heavy atom. The number of aliphatic hydroxyl groups is 2. The number of aromatic nitrogens is 2. The topological polar surface area (TPSA) is 263 Å². The number of rotatable bonds is 41. The van der Waals surface area contributed by atoms with Gasteiger partial charge in [-0.3, -0.25) is 14.4 Å². The number of benzene rings is 2. The molecule has 0 spiro atoms. The van der Waals surface area contributed by atoms with Crippen molar-refractivity contribution < 1.29 is 76.8 Å². The number of esters is 2. The third-order valence-electron chi connectivity index (χ3n) is 9.45. The van der Waals surface area contributed by atoms with Crippen LogP contribution in [0.2, 0.25) is 0 Å². The second-order valence-electron chi connectivity index (χ2n) is 14.7. The Morgan fingerprint density at radius 2 is 0.941 bits per heavy atom. The maximum absolute atomic E-state index is 14.1. The molecule has 21 nitrogen and oxygen atoms in total. The first kappa shape index (κ1) is 57.1. The Morgan fingerprint density at radius 1 is 0.529 bits per heavy atom. The first-order chi connectivity index (χ1) is 33.3. The molecule has 2 aromatic carbocycles. The fourth-order valence-corrected chi connectivity index (χ4v) is 5.79. The average molecular weight is 960 g/mol. The Labute approximate surface area is 397 Å². The van der Waals surface area contributed by atoms with Crippen molar-refractivity contribution in [2.45, 2.75) is 38.5 Å². The molecular formula is C47H69N5O16. The molecular weight excluding hydrogens is 891 g/mol. The van der Waals surface area contributed by atoms with Gasteiger partial charge in [-0.25, -0.2) is 14.8 Å². The molecule has 0 fully saturated rings. The van der Waals surface area contributed by atoms with Crippen molar-refractivity contribution in [3.8, 4) is 0 Å². The number of hydrogen-bond donors (Lipinski definition) is 5. The van der Waals surface area contributed by atoms with Crippen LogP contribution < -0.4 is 16.0 Å².